The van der Waals surface area contributed by atoms with Crippen molar-refractivity contribution in [1.82, 2.24) is 10.6 Å². The van der Waals surface area contributed by atoms with Crippen LogP contribution in [0.15, 0.2) is 29.3 Å². The third-order valence-electron chi connectivity index (χ3n) is 3.18. The van der Waals surface area contributed by atoms with Crippen LogP contribution in [0.2, 0.25) is 0 Å². The van der Waals surface area contributed by atoms with Gasteiger partial charge in [-0.15, -0.1) is 0 Å². The molecule has 1 rings (SSSR count). The summed E-state index contributed by atoms with van der Waals surface area (Å²) in [6.45, 7) is 8.81. The molecule has 0 radical (unpaired) electrons. The van der Waals surface area contributed by atoms with Gasteiger partial charge in [0.25, 0.3) is 0 Å². The summed E-state index contributed by atoms with van der Waals surface area (Å²) < 4.78 is 5.54. The molecule has 0 aromatic heterocycles. The van der Waals surface area contributed by atoms with Gasteiger partial charge in [-0.3, -0.25) is 0 Å². The minimum atomic E-state index is 0.181. The lowest BCUT2D eigenvalue weighted by Crippen LogP contribution is -2.43. The van der Waals surface area contributed by atoms with Crippen LogP contribution in [-0.2, 0) is 6.54 Å². The standard InChI is InChI=1S/C16H27N3OS/c1-6-17-15(19-12-16(2,3)21-5)18-11-13-9-7-8-10-14(13)20-4/h7-10H,6,11-12H2,1-5H3,(H2,17,18,19). The van der Waals surface area contributed by atoms with E-state index in [4.69, 9.17) is 4.74 Å². The molecular weight excluding hydrogens is 282 g/mol. The van der Waals surface area contributed by atoms with Gasteiger partial charge in [-0.05, 0) is 33.1 Å². The van der Waals surface area contributed by atoms with Gasteiger partial charge in [0.2, 0.25) is 0 Å². The van der Waals surface area contributed by atoms with Crippen molar-refractivity contribution in [3.63, 3.8) is 0 Å². The van der Waals surface area contributed by atoms with Gasteiger partial charge < -0.3 is 15.4 Å². The van der Waals surface area contributed by atoms with E-state index in [1.807, 2.05) is 36.0 Å². The van der Waals surface area contributed by atoms with Gasteiger partial charge in [-0.2, -0.15) is 11.8 Å². The second kappa shape index (κ2) is 8.82. The number of rotatable bonds is 7. The molecular formula is C16H27N3OS. The number of guanidine groups is 1. The average molecular weight is 309 g/mol. The average Bonchev–Trinajstić information content (AvgIpc) is 2.50. The topological polar surface area (TPSA) is 45.7 Å². The molecule has 2 N–H and O–H groups in total. The van der Waals surface area contributed by atoms with Gasteiger partial charge in [0.05, 0.1) is 13.7 Å². The predicted octanol–water partition coefficient (Wildman–Crippen LogP) is 2.89. The summed E-state index contributed by atoms with van der Waals surface area (Å²) in [5.74, 6) is 1.71. The normalized spacial score (nSPS) is 12.1. The largest absolute Gasteiger partial charge is 0.496 e. The van der Waals surface area contributed by atoms with Crippen molar-refractivity contribution in [2.75, 3.05) is 26.5 Å². The number of methoxy groups -OCH3 is 1. The SMILES string of the molecule is CCNC(=NCc1ccccc1OC)NCC(C)(C)SC. The Hall–Kier alpha value is -1.36. The molecule has 0 spiro atoms. The number of thioether (sulfide) groups is 1. The fourth-order valence-electron chi connectivity index (χ4n) is 1.71. The number of hydrogen-bond acceptors (Lipinski definition) is 3. The Kier molecular flexibility index (Phi) is 7.43. The number of nitrogens with one attached hydrogen (secondary N) is 2. The van der Waals surface area contributed by atoms with Gasteiger partial charge in [0.1, 0.15) is 5.75 Å². The number of benzene rings is 1. The Morgan fingerprint density at radius 2 is 2.00 bits per heavy atom. The minimum Gasteiger partial charge on any atom is -0.496 e. The molecule has 5 heteroatoms. The van der Waals surface area contributed by atoms with Crippen LogP contribution in [0.5, 0.6) is 5.75 Å². The Balaban J connectivity index is 2.71. The van der Waals surface area contributed by atoms with E-state index in [1.165, 1.54) is 0 Å². The smallest absolute Gasteiger partial charge is 0.191 e. The molecule has 0 saturated heterocycles. The van der Waals surface area contributed by atoms with E-state index in [9.17, 15) is 0 Å². The van der Waals surface area contributed by atoms with Crippen LogP contribution in [0.1, 0.15) is 26.3 Å². The maximum absolute atomic E-state index is 5.36. The Labute approximate surface area is 132 Å². The summed E-state index contributed by atoms with van der Waals surface area (Å²) in [5, 5.41) is 6.67. The number of nitrogens with zero attached hydrogens (tertiary/aromatic N) is 1. The molecule has 0 heterocycles. The van der Waals surface area contributed by atoms with Gasteiger partial charge in [0, 0.05) is 23.4 Å². The van der Waals surface area contributed by atoms with E-state index < -0.39 is 0 Å². The van der Waals surface area contributed by atoms with E-state index in [-0.39, 0.29) is 4.75 Å². The van der Waals surface area contributed by atoms with Crippen molar-refractivity contribution in [3.8, 4) is 5.75 Å². The third kappa shape index (κ3) is 6.29. The maximum atomic E-state index is 5.36. The summed E-state index contributed by atoms with van der Waals surface area (Å²) >= 11 is 1.84. The fourth-order valence-corrected chi connectivity index (χ4v) is 1.92. The lowest BCUT2D eigenvalue weighted by atomic mass is 10.2. The number of ether oxygens (including phenoxy) is 1. The van der Waals surface area contributed by atoms with Crippen LogP contribution < -0.4 is 15.4 Å². The first-order valence-corrected chi connectivity index (χ1v) is 8.44. The first-order valence-electron chi connectivity index (χ1n) is 7.21. The highest BCUT2D eigenvalue weighted by Gasteiger charge is 2.16. The summed E-state index contributed by atoms with van der Waals surface area (Å²) in [4.78, 5) is 4.63. The quantitative estimate of drug-likeness (QED) is 0.600. The Bertz CT molecular complexity index is 461. The van der Waals surface area contributed by atoms with E-state index in [1.54, 1.807) is 7.11 Å². The summed E-state index contributed by atoms with van der Waals surface area (Å²) in [6.07, 6.45) is 2.13. The van der Waals surface area contributed by atoms with Crippen molar-refractivity contribution < 1.29 is 4.74 Å². The molecule has 21 heavy (non-hydrogen) atoms. The highest BCUT2D eigenvalue weighted by atomic mass is 32.2. The lowest BCUT2D eigenvalue weighted by Gasteiger charge is -2.23. The molecule has 1 aromatic carbocycles. The molecule has 0 unspecified atom stereocenters. The van der Waals surface area contributed by atoms with Crippen molar-refractivity contribution in [3.05, 3.63) is 29.8 Å². The summed E-state index contributed by atoms with van der Waals surface area (Å²) in [6, 6.07) is 7.97. The van der Waals surface area contributed by atoms with Crippen LogP contribution in [0.3, 0.4) is 0 Å². The molecule has 0 aliphatic carbocycles. The zero-order chi connectivity index (χ0) is 15.7. The first-order chi connectivity index (χ1) is 10.0. The molecule has 1 aromatic rings. The van der Waals surface area contributed by atoms with Crippen LogP contribution in [0.4, 0.5) is 0 Å². The maximum Gasteiger partial charge on any atom is 0.191 e. The molecule has 0 amide bonds. The summed E-state index contributed by atoms with van der Waals surface area (Å²) in [5.41, 5.74) is 1.08. The number of aliphatic imine (C=N–C) groups is 1. The zero-order valence-electron chi connectivity index (χ0n) is 13.7. The molecule has 4 nitrogen and oxygen atoms in total. The van der Waals surface area contributed by atoms with Gasteiger partial charge >= 0.3 is 0 Å². The lowest BCUT2D eigenvalue weighted by molar-refractivity contribution is 0.410. The minimum absolute atomic E-state index is 0.181. The Morgan fingerprint density at radius 3 is 2.62 bits per heavy atom. The first kappa shape index (κ1) is 17.7. The van der Waals surface area contributed by atoms with E-state index >= 15 is 0 Å². The Morgan fingerprint density at radius 1 is 1.29 bits per heavy atom. The van der Waals surface area contributed by atoms with E-state index in [2.05, 4.69) is 42.7 Å². The second-order valence-corrected chi connectivity index (χ2v) is 6.84. The second-order valence-electron chi connectivity index (χ2n) is 5.32. The zero-order valence-corrected chi connectivity index (χ0v) is 14.5. The summed E-state index contributed by atoms with van der Waals surface area (Å²) in [7, 11) is 1.69. The number of hydrogen-bond donors (Lipinski definition) is 2. The molecule has 118 valence electrons. The molecule has 0 saturated carbocycles. The molecule has 0 bridgehead atoms. The van der Waals surface area contributed by atoms with Crippen LogP contribution in [-0.4, -0.2) is 37.2 Å². The fraction of sp³-hybridized carbons (Fsp3) is 0.562. The molecule has 0 atom stereocenters. The predicted molar refractivity (Wildman–Crippen MR) is 93.4 cm³/mol. The van der Waals surface area contributed by atoms with Crippen LogP contribution >= 0.6 is 11.8 Å². The third-order valence-corrected chi connectivity index (χ3v) is 4.43. The monoisotopic (exact) mass is 309 g/mol. The van der Waals surface area contributed by atoms with E-state index in [0.29, 0.717) is 6.54 Å². The van der Waals surface area contributed by atoms with Gasteiger partial charge in [-0.25, -0.2) is 4.99 Å². The highest BCUT2D eigenvalue weighted by Crippen LogP contribution is 2.20. The number of para-hydroxylation sites is 1. The van der Waals surface area contributed by atoms with Crippen molar-refractivity contribution in [2.24, 2.45) is 4.99 Å². The van der Waals surface area contributed by atoms with Crippen molar-refractivity contribution in [1.29, 1.82) is 0 Å². The molecule has 0 aliphatic rings. The van der Waals surface area contributed by atoms with E-state index in [0.717, 1.165) is 30.4 Å². The molecule has 0 fully saturated rings. The van der Waals surface area contributed by atoms with Gasteiger partial charge in [-0.1, -0.05) is 18.2 Å². The van der Waals surface area contributed by atoms with Crippen LogP contribution in [0, 0.1) is 0 Å². The van der Waals surface area contributed by atoms with Crippen molar-refractivity contribution in [2.45, 2.75) is 32.1 Å². The van der Waals surface area contributed by atoms with Crippen LogP contribution in [0.25, 0.3) is 0 Å². The molecule has 0 aliphatic heterocycles. The van der Waals surface area contributed by atoms with Crippen molar-refractivity contribution >= 4 is 17.7 Å². The highest BCUT2D eigenvalue weighted by molar-refractivity contribution is 7.99. The van der Waals surface area contributed by atoms with Gasteiger partial charge in [0.15, 0.2) is 5.96 Å².